The van der Waals surface area contributed by atoms with Crippen molar-refractivity contribution >= 4 is 5.82 Å². The number of fused-ring (bicyclic) bond motifs is 1. The Kier molecular flexibility index (Phi) is 5.72. The van der Waals surface area contributed by atoms with Crippen molar-refractivity contribution in [2.24, 2.45) is 0 Å². The minimum Gasteiger partial charge on any atom is -0.355 e. The molecule has 0 aliphatic heterocycles. The van der Waals surface area contributed by atoms with Crippen molar-refractivity contribution in [2.75, 3.05) is 11.9 Å². The summed E-state index contributed by atoms with van der Waals surface area (Å²) in [6, 6.07) is 5.93. The second kappa shape index (κ2) is 7.70. The number of likely N-dealkylation sites (N-methyl/N-ethyl adjacent to an activating group) is 1. The Bertz CT molecular complexity index is 866. The lowest BCUT2D eigenvalue weighted by atomic mass is 9.75. The van der Waals surface area contributed by atoms with Gasteiger partial charge >= 0.3 is 18.0 Å². The Morgan fingerprint density at radius 1 is 1.03 bits per heavy atom. The maximum Gasteiger partial charge on any atom is 0.435 e. The molecule has 1 heterocycles. The van der Waals surface area contributed by atoms with E-state index in [0.29, 0.717) is 35.9 Å². The van der Waals surface area contributed by atoms with Crippen LogP contribution in [0, 0.1) is 0 Å². The first-order valence-corrected chi connectivity index (χ1v) is 9.38. The lowest BCUT2D eigenvalue weighted by molar-refractivity contribution is -0.348. The molecule has 0 amide bonds. The standard InChI is InChI=1S/C20H20F7N3/c1-3-14-15-8-7-13(18(21,19(22,23)24)20(25,26)27)11-12(15)6-9-16(14)30(2)17-5-4-10-28-29-17/h4-5,7-8,10-11,14,16H,3,6,9H2,1-2H3. The Morgan fingerprint density at radius 3 is 2.23 bits per heavy atom. The largest absolute Gasteiger partial charge is 0.435 e. The summed E-state index contributed by atoms with van der Waals surface area (Å²) in [7, 11) is 1.82. The number of hydrogen-bond donors (Lipinski definition) is 0. The van der Waals surface area contributed by atoms with Crippen molar-refractivity contribution in [3.05, 3.63) is 53.2 Å². The van der Waals surface area contributed by atoms with Gasteiger partial charge in [0.1, 0.15) is 0 Å². The van der Waals surface area contributed by atoms with Gasteiger partial charge in [-0.25, -0.2) is 4.39 Å². The van der Waals surface area contributed by atoms with E-state index in [2.05, 4.69) is 10.2 Å². The SMILES string of the molecule is CCC1c2ccc(C(F)(C(F)(F)F)C(F)(F)F)cc2CCC1N(C)c1cccnn1. The summed E-state index contributed by atoms with van der Waals surface area (Å²) in [5.41, 5.74) is -5.92. The number of aryl methyl sites for hydroxylation is 1. The van der Waals surface area contributed by atoms with Gasteiger partial charge in [-0.1, -0.05) is 25.1 Å². The highest BCUT2D eigenvalue weighted by Gasteiger charge is 2.73. The second-order valence-corrected chi connectivity index (χ2v) is 7.38. The van der Waals surface area contributed by atoms with E-state index in [-0.39, 0.29) is 18.4 Å². The molecule has 2 atom stereocenters. The fraction of sp³-hybridized carbons (Fsp3) is 0.500. The van der Waals surface area contributed by atoms with E-state index in [9.17, 15) is 30.7 Å². The highest BCUT2D eigenvalue weighted by Crippen LogP contribution is 2.54. The zero-order valence-corrected chi connectivity index (χ0v) is 16.2. The van der Waals surface area contributed by atoms with Crippen LogP contribution in [0.4, 0.5) is 36.6 Å². The molecule has 0 radical (unpaired) electrons. The third kappa shape index (κ3) is 3.60. The van der Waals surface area contributed by atoms with Crippen LogP contribution in [-0.2, 0) is 12.1 Å². The molecule has 10 heteroatoms. The minimum atomic E-state index is -6.12. The van der Waals surface area contributed by atoms with Gasteiger partial charge in [0.2, 0.25) is 0 Å². The molecule has 1 aromatic carbocycles. The van der Waals surface area contributed by atoms with Gasteiger partial charge in [0.25, 0.3) is 0 Å². The van der Waals surface area contributed by atoms with Crippen molar-refractivity contribution in [2.45, 2.75) is 56.2 Å². The maximum absolute atomic E-state index is 14.4. The molecule has 3 nitrogen and oxygen atoms in total. The third-order valence-corrected chi connectivity index (χ3v) is 5.75. The van der Waals surface area contributed by atoms with Crippen molar-refractivity contribution in [3.63, 3.8) is 0 Å². The summed E-state index contributed by atoms with van der Waals surface area (Å²) in [6.45, 7) is 1.88. The van der Waals surface area contributed by atoms with Crippen LogP contribution in [0.2, 0.25) is 0 Å². The number of aromatic nitrogens is 2. The van der Waals surface area contributed by atoms with E-state index < -0.39 is 23.6 Å². The van der Waals surface area contributed by atoms with Gasteiger partial charge < -0.3 is 4.90 Å². The van der Waals surface area contributed by atoms with E-state index >= 15 is 0 Å². The van der Waals surface area contributed by atoms with E-state index in [1.807, 2.05) is 18.9 Å². The van der Waals surface area contributed by atoms with E-state index in [1.165, 1.54) is 12.3 Å². The average Bonchev–Trinajstić information content (AvgIpc) is 2.70. The molecule has 30 heavy (non-hydrogen) atoms. The summed E-state index contributed by atoms with van der Waals surface area (Å²) in [6.07, 6.45) is -9.42. The second-order valence-electron chi connectivity index (χ2n) is 7.38. The van der Waals surface area contributed by atoms with Crippen molar-refractivity contribution in [1.29, 1.82) is 0 Å². The first-order chi connectivity index (χ1) is 13.9. The van der Waals surface area contributed by atoms with Crippen LogP contribution < -0.4 is 4.90 Å². The molecule has 1 aromatic heterocycles. The number of halogens is 7. The molecule has 3 rings (SSSR count). The molecule has 1 aliphatic carbocycles. The van der Waals surface area contributed by atoms with Crippen LogP contribution >= 0.6 is 0 Å². The van der Waals surface area contributed by atoms with E-state index in [1.54, 1.807) is 12.1 Å². The van der Waals surface area contributed by atoms with E-state index in [4.69, 9.17) is 0 Å². The molecule has 164 valence electrons. The van der Waals surface area contributed by atoms with Crippen LogP contribution in [0.15, 0.2) is 36.5 Å². The molecule has 1 aliphatic rings. The predicted molar refractivity (Wildman–Crippen MR) is 96.9 cm³/mol. The van der Waals surface area contributed by atoms with Gasteiger partial charge in [-0.3, -0.25) is 0 Å². The number of hydrogen-bond acceptors (Lipinski definition) is 3. The quantitative estimate of drug-likeness (QED) is 0.576. The number of nitrogens with zero attached hydrogens (tertiary/aromatic N) is 3. The molecule has 0 saturated carbocycles. The van der Waals surface area contributed by atoms with Gasteiger partial charge in [-0.15, -0.1) is 5.10 Å². The summed E-state index contributed by atoms with van der Waals surface area (Å²) in [5.74, 6) is 0.443. The Morgan fingerprint density at radius 2 is 1.70 bits per heavy atom. The molecular formula is C20H20F7N3. The summed E-state index contributed by atoms with van der Waals surface area (Å²) >= 11 is 0. The molecule has 2 unspecified atom stereocenters. The average molecular weight is 435 g/mol. The topological polar surface area (TPSA) is 29.0 Å². The third-order valence-electron chi connectivity index (χ3n) is 5.75. The fourth-order valence-electron chi connectivity index (χ4n) is 4.21. The number of benzene rings is 1. The van der Waals surface area contributed by atoms with Crippen LogP contribution in [-0.4, -0.2) is 35.6 Å². The van der Waals surface area contributed by atoms with Crippen molar-refractivity contribution in [1.82, 2.24) is 10.2 Å². The first-order valence-electron chi connectivity index (χ1n) is 9.38. The molecule has 0 bridgehead atoms. The first kappa shape index (κ1) is 22.3. The van der Waals surface area contributed by atoms with Crippen LogP contribution in [0.1, 0.15) is 42.4 Å². The van der Waals surface area contributed by atoms with E-state index in [0.717, 1.165) is 6.07 Å². The fourth-order valence-corrected chi connectivity index (χ4v) is 4.21. The summed E-state index contributed by atoms with van der Waals surface area (Å²) in [4.78, 5) is 1.91. The Labute approximate surface area is 168 Å². The van der Waals surface area contributed by atoms with Crippen molar-refractivity contribution < 1.29 is 30.7 Å². The lowest BCUT2D eigenvalue weighted by Gasteiger charge is -2.40. The number of anilines is 1. The van der Waals surface area contributed by atoms with Crippen LogP contribution in [0.25, 0.3) is 0 Å². The van der Waals surface area contributed by atoms with Gasteiger partial charge in [0, 0.05) is 30.8 Å². The highest BCUT2D eigenvalue weighted by molar-refractivity contribution is 5.45. The molecular weight excluding hydrogens is 415 g/mol. The molecule has 0 N–H and O–H groups in total. The molecule has 0 fully saturated rings. The maximum atomic E-state index is 14.4. The van der Waals surface area contributed by atoms with Gasteiger partial charge in [0.15, 0.2) is 5.82 Å². The van der Waals surface area contributed by atoms with Crippen LogP contribution in [0.3, 0.4) is 0 Å². The van der Waals surface area contributed by atoms with Crippen LogP contribution in [0.5, 0.6) is 0 Å². The zero-order valence-electron chi connectivity index (χ0n) is 16.2. The van der Waals surface area contributed by atoms with Gasteiger partial charge in [-0.2, -0.15) is 31.4 Å². The highest BCUT2D eigenvalue weighted by atomic mass is 19.4. The normalized spacial score (nSPS) is 20.0. The van der Waals surface area contributed by atoms with Gasteiger partial charge in [0.05, 0.1) is 0 Å². The number of rotatable bonds is 4. The lowest BCUT2D eigenvalue weighted by Crippen LogP contribution is -2.50. The summed E-state index contributed by atoms with van der Waals surface area (Å²) < 4.78 is 93.1. The van der Waals surface area contributed by atoms with Crippen molar-refractivity contribution in [3.8, 4) is 0 Å². The minimum absolute atomic E-state index is 0.0783. The zero-order chi connectivity index (χ0) is 22.3. The monoisotopic (exact) mass is 435 g/mol. The number of alkyl halides is 7. The van der Waals surface area contributed by atoms with Gasteiger partial charge in [-0.05, 0) is 42.5 Å². The predicted octanol–water partition coefficient (Wildman–Crippen LogP) is 5.71. The molecule has 0 saturated heterocycles. The molecule has 0 spiro atoms. The smallest absolute Gasteiger partial charge is 0.355 e. The Balaban J connectivity index is 2.01. The Hall–Kier alpha value is -2.39. The summed E-state index contributed by atoms with van der Waals surface area (Å²) in [5, 5.41) is 7.89. The molecule has 2 aromatic rings.